The second kappa shape index (κ2) is 6.33. The first-order chi connectivity index (χ1) is 8.70. The second-order valence-corrected chi connectivity index (χ2v) is 5.73. The predicted octanol–water partition coefficient (Wildman–Crippen LogP) is 4.69. The molecule has 0 saturated heterocycles. The monoisotopic (exact) mass is 266 g/mol. The first-order valence-electron chi connectivity index (χ1n) is 7.02. The molecule has 0 spiro atoms. The zero-order valence-electron chi connectivity index (χ0n) is 11.1. The van der Waals surface area contributed by atoms with E-state index in [9.17, 15) is 0 Å². The Morgan fingerprint density at radius 1 is 1.33 bits per heavy atom. The van der Waals surface area contributed by atoms with Gasteiger partial charge in [-0.15, -0.1) is 0 Å². The van der Waals surface area contributed by atoms with Gasteiger partial charge in [-0.1, -0.05) is 37.8 Å². The van der Waals surface area contributed by atoms with Gasteiger partial charge in [0.2, 0.25) is 0 Å². The van der Waals surface area contributed by atoms with Crippen molar-refractivity contribution in [3.8, 4) is 0 Å². The molecule has 0 heterocycles. The largest absolute Gasteiger partial charge is 0.397 e. The summed E-state index contributed by atoms with van der Waals surface area (Å²) in [5.74, 6) is 0.780. The summed E-state index contributed by atoms with van der Waals surface area (Å²) in [6.07, 6.45) is 7.95. The van der Waals surface area contributed by atoms with E-state index in [2.05, 4.69) is 12.2 Å². The van der Waals surface area contributed by atoms with E-state index >= 15 is 0 Å². The van der Waals surface area contributed by atoms with E-state index in [-0.39, 0.29) is 0 Å². The lowest BCUT2D eigenvalue weighted by molar-refractivity contribution is 0.313. The van der Waals surface area contributed by atoms with E-state index in [1.54, 1.807) is 0 Å². The van der Waals surface area contributed by atoms with Gasteiger partial charge in [0.05, 0.1) is 11.4 Å². The summed E-state index contributed by atoms with van der Waals surface area (Å²) in [5, 5.41) is 4.34. The van der Waals surface area contributed by atoms with Gasteiger partial charge < -0.3 is 11.1 Å². The Balaban J connectivity index is 2.06. The Hall–Kier alpha value is -0.890. The molecule has 1 unspecified atom stereocenters. The Bertz CT molecular complexity index is 386. The van der Waals surface area contributed by atoms with Gasteiger partial charge in [-0.25, -0.2) is 0 Å². The van der Waals surface area contributed by atoms with Gasteiger partial charge in [0, 0.05) is 11.1 Å². The molecule has 2 rings (SSSR count). The maximum Gasteiger partial charge on any atom is 0.0591 e. The lowest BCUT2D eigenvalue weighted by Gasteiger charge is -2.31. The van der Waals surface area contributed by atoms with Gasteiger partial charge in [-0.2, -0.15) is 0 Å². The summed E-state index contributed by atoms with van der Waals surface area (Å²) in [5.41, 5.74) is 7.77. The Morgan fingerprint density at radius 3 is 2.72 bits per heavy atom. The Morgan fingerprint density at radius 2 is 2.06 bits per heavy atom. The fraction of sp³-hybridized carbons (Fsp3) is 0.600. The van der Waals surface area contributed by atoms with Crippen LogP contribution >= 0.6 is 11.6 Å². The average molecular weight is 267 g/mol. The lowest BCUT2D eigenvalue weighted by atomic mass is 9.83. The minimum Gasteiger partial charge on any atom is -0.397 e. The van der Waals surface area contributed by atoms with Crippen LogP contribution in [0.2, 0.25) is 5.02 Å². The first kappa shape index (κ1) is 13.5. The second-order valence-electron chi connectivity index (χ2n) is 5.29. The highest BCUT2D eigenvalue weighted by Gasteiger charge is 2.22. The van der Waals surface area contributed by atoms with Gasteiger partial charge >= 0.3 is 0 Å². The third-order valence-electron chi connectivity index (χ3n) is 4.01. The van der Waals surface area contributed by atoms with Crippen LogP contribution in [0.4, 0.5) is 11.4 Å². The van der Waals surface area contributed by atoms with Crippen molar-refractivity contribution in [1.82, 2.24) is 0 Å². The van der Waals surface area contributed by atoms with Crippen molar-refractivity contribution in [2.24, 2.45) is 5.92 Å². The van der Waals surface area contributed by atoms with Crippen molar-refractivity contribution >= 4 is 23.0 Å². The van der Waals surface area contributed by atoms with Crippen LogP contribution in [-0.4, -0.2) is 6.04 Å². The van der Waals surface area contributed by atoms with Crippen LogP contribution in [0.3, 0.4) is 0 Å². The highest BCUT2D eigenvalue weighted by atomic mass is 35.5. The van der Waals surface area contributed by atoms with Crippen LogP contribution in [0.5, 0.6) is 0 Å². The van der Waals surface area contributed by atoms with Crippen molar-refractivity contribution in [1.29, 1.82) is 0 Å². The van der Waals surface area contributed by atoms with Crippen molar-refractivity contribution in [3.05, 3.63) is 23.2 Å². The molecule has 3 heteroatoms. The molecule has 1 atom stereocenters. The van der Waals surface area contributed by atoms with Crippen LogP contribution in [-0.2, 0) is 0 Å². The lowest BCUT2D eigenvalue weighted by Crippen LogP contribution is -2.30. The molecule has 1 aromatic rings. The molecule has 0 radical (unpaired) electrons. The molecule has 1 aromatic carbocycles. The van der Waals surface area contributed by atoms with Crippen molar-refractivity contribution in [3.63, 3.8) is 0 Å². The summed E-state index contributed by atoms with van der Waals surface area (Å²) in [6, 6.07) is 6.16. The standard InChI is InChI=1S/C15H23ClN2/c1-2-14(11-6-4-3-5-7-11)18-15-10-12(16)8-9-13(15)17/h8-11,14,18H,2-7,17H2,1H3. The minimum atomic E-state index is 0.520. The number of benzene rings is 1. The average Bonchev–Trinajstić information content (AvgIpc) is 2.41. The Labute approximate surface area is 115 Å². The van der Waals surface area contributed by atoms with Gasteiger partial charge in [-0.05, 0) is 43.4 Å². The third-order valence-corrected chi connectivity index (χ3v) is 4.25. The molecule has 1 saturated carbocycles. The first-order valence-corrected chi connectivity index (χ1v) is 7.40. The zero-order chi connectivity index (χ0) is 13.0. The Kier molecular flexibility index (Phi) is 4.76. The topological polar surface area (TPSA) is 38.0 Å². The van der Waals surface area contributed by atoms with E-state index in [0.717, 1.165) is 28.7 Å². The van der Waals surface area contributed by atoms with Crippen molar-refractivity contribution in [2.75, 3.05) is 11.1 Å². The molecule has 0 aliphatic heterocycles. The summed E-state index contributed by atoms with van der Waals surface area (Å²) in [6.45, 7) is 2.24. The number of rotatable bonds is 4. The molecule has 3 N–H and O–H groups in total. The van der Waals surface area contributed by atoms with E-state index in [0.29, 0.717) is 6.04 Å². The smallest absolute Gasteiger partial charge is 0.0591 e. The number of nitrogens with two attached hydrogens (primary N) is 1. The SMILES string of the molecule is CCC(Nc1cc(Cl)ccc1N)C1CCCCC1. The fourth-order valence-corrected chi connectivity index (χ4v) is 3.12. The quantitative estimate of drug-likeness (QED) is 0.776. The van der Waals surface area contributed by atoms with E-state index in [1.807, 2.05) is 18.2 Å². The summed E-state index contributed by atoms with van der Waals surface area (Å²) in [4.78, 5) is 0. The molecule has 0 aromatic heterocycles. The number of anilines is 2. The molecule has 1 aliphatic carbocycles. The van der Waals surface area contributed by atoms with Crippen LogP contribution in [0.1, 0.15) is 45.4 Å². The van der Waals surface area contributed by atoms with Gasteiger partial charge in [0.25, 0.3) is 0 Å². The molecule has 0 amide bonds. The molecule has 1 fully saturated rings. The van der Waals surface area contributed by atoms with E-state index in [1.165, 1.54) is 32.1 Å². The maximum atomic E-state index is 6.03. The number of nitrogen functional groups attached to an aromatic ring is 1. The summed E-state index contributed by atoms with van der Waals surface area (Å²) >= 11 is 6.03. The highest BCUT2D eigenvalue weighted by molar-refractivity contribution is 6.31. The maximum absolute atomic E-state index is 6.03. The van der Waals surface area contributed by atoms with Crippen LogP contribution in [0.15, 0.2) is 18.2 Å². The van der Waals surface area contributed by atoms with Crippen molar-refractivity contribution in [2.45, 2.75) is 51.5 Å². The number of hydrogen-bond acceptors (Lipinski definition) is 2. The number of nitrogens with one attached hydrogen (secondary N) is 1. The van der Waals surface area contributed by atoms with Gasteiger partial charge in [-0.3, -0.25) is 0 Å². The molecule has 100 valence electrons. The van der Waals surface area contributed by atoms with Gasteiger partial charge in [0.15, 0.2) is 0 Å². The van der Waals surface area contributed by atoms with Crippen LogP contribution < -0.4 is 11.1 Å². The van der Waals surface area contributed by atoms with E-state index in [4.69, 9.17) is 17.3 Å². The zero-order valence-corrected chi connectivity index (χ0v) is 11.8. The molecular formula is C15H23ClN2. The predicted molar refractivity (Wildman–Crippen MR) is 80.1 cm³/mol. The van der Waals surface area contributed by atoms with Gasteiger partial charge in [0.1, 0.15) is 0 Å². The molecule has 2 nitrogen and oxygen atoms in total. The van der Waals surface area contributed by atoms with E-state index < -0.39 is 0 Å². The molecule has 0 bridgehead atoms. The van der Waals surface area contributed by atoms with Crippen LogP contribution in [0, 0.1) is 5.92 Å². The van der Waals surface area contributed by atoms with Crippen LogP contribution in [0.25, 0.3) is 0 Å². The third kappa shape index (κ3) is 3.32. The summed E-state index contributed by atoms with van der Waals surface area (Å²) in [7, 11) is 0. The molecule has 18 heavy (non-hydrogen) atoms. The number of halogens is 1. The summed E-state index contributed by atoms with van der Waals surface area (Å²) < 4.78 is 0. The normalized spacial score (nSPS) is 18.6. The number of hydrogen-bond donors (Lipinski definition) is 2. The fourth-order valence-electron chi connectivity index (χ4n) is 2.94. The van der Waals surface area contributed by atoms with Crippen molar-refractivity contribution < 1.29 is 0 Å². The minimum absolute atomic E-state index is 0.520. The molecule has 1 aliphatic rings. The molecular weight excluding hydrogens is 244 g/mol. The highest BCUT2D eigenvalue weighted by Crippen LogP contribution is 2.31.